The van der Waals surface area contributed by atoms with Gasteiger partial charge in [-0.25, -0.2) is 9.97 Å². The van der Waals surface area contributed by atoms with Crippen LogP contribution < -0.4 is 20.9 Å². The molecule has 1 aliphatic rings. The lowest BCUT2D eigenvalue weighted by atomic mass is 10.1. The molecule has 1 fully saturated rings. The molecule has 1 saturated heterocycles. The fourth-order valence-corrected chi connectivity index (χ4v) is 3.08. The standard InChI is InChI=1S/C18H25N7O/c1-2-25(15-8-4-3-5-9-15)16(26)11-20-17-21-13-22-18(23-17)24-10-6-7-14(19)12-24/h3-5,8-9,13-14H,2,6-7,10-12,19H2,1H3,(H,20,21,22,23). The molecule has 0 bridgehead atoms. The van der Waals surface area contributed by atoms with Gasteiger partial charge in [-0.15, -0.1) is 0 Å². The Morgan fingerprint density at radius 3 is 2.88 bits per heavy atom. The quantitative estimate of drug-likeness (QED) is 0.804. The number of aromatic nitrogens is 3. The van der Waals surface area contributed by atoms with Crippen LogP contribution in [0, 0.1) is 0 Å². The number of nitrogens with one attached hydrogen (secondary N) is 1. The topological polar surface area (TPSA) is 100 Å². The van der Waals surface area contributed by atoms with E-state index >= 15 is 0 Å². The summed E-state index contributed by atoms with van der Waals surface area (Å²) >= 11 is 0. The zero-order valence-corrected chi connectivity index (χ0v) is 15.0. The molecule has 0 aliphatic carbocycles. The van der Waals surface area contributed by atoms with Crippen molar-refractivity contribution in [2.24, 2.45) is 5.73 Å². The van der Waals surface area contributed by atoms with Crippen LogP contribution in [0.15, 0.2) is 36.7 Å². The van der Waals surface area contributed by atoms with E-state index in [0.29, 0.717) is 18.4 Å². The highest BCUT2D eigenvalue weighted by molar-refractivity contribution is 5.95. The second-order valence-electron chi connectivity index (χ2n) is 6.28. The number of carbonyl (C=O) groups is 1. The molecule has 8 heteroatoms. The molecular weight excluding hydrogens is 330 g/mol. The highest BCUT2D eigenvalue weighted by Gasteiger charge is 2.20. The Morgan fingerprint density at radius 1 is 1.35 bits per heavy atom. The number of hydrogen-bond acceptors (Lipinski definition) is 7. The normalized spacial score (nSPS) is 17.0. The van der Waals surface area contributed by atoms with Crippen LogP contribution >= 0.6 is 0 Å². The molecule has 26 heavy (non-hydrogen) atoms. The van der Waals surface area contributed by atoms with E-state index in [-0.39, 0.29) is 18.5 Å². The fraction of sp³-hybridized carbons (Fsp3) is 0.444. The number of hydrogen-bond donors (Lipinski definition) is 2. The molecule has 1 atom stereocenters. The molecule has 1 unspecified atom stereocenters. The number of rotatable bonds is 6. The monoisotopic (exact) mass is 355 g/mol. The molecule has 3 N–H and O–H groups in total. The van der Waals surface area contributed by atoms with Crippen molar-refractivity contribution in [1.29, 1.82) is 0 Å². The minimum absolute atomic E-state index is 0.0411. The largest absolute Gasteiger partial charge is 0.345 e. The number of nitrogens with zero attached hydrogens (tertiary/aromatic N) is 5. The molecular formula is C18H25N7O. The summed E-state index contributed by atoms with van der Waals surface area (Å²) in [4.78, 5) is 29.1. The molecule has 3 rings (SSSR count). The third kappa shape index (κ3) is 4.45. The van der Waals surface area contributed by atoms with E-state index in [0.717, 1.165) is 31.6 Å². The van der Waals surface area contributed by atoms with Crippen LogP contribution in [0.3, 0.4) is 0 Å². The summed E-state index contributed by atoms with van der Waals surface area (Å²) in [5.41, 5.74) is 6.90. The van der Waals surface area contributed by atoms with Gasteiger partial charge in [0.25, 0.3) is 0 Å². The number of para-hydroxylation sites is 1. The Morgan fingerprint density at radius 2 is 2.15 bits per heavy atom. The second kappa shape index (κ2) is 8.57. The van der Waals surface area contributed by atoms with Crippen LogP contribution in [0.25, 0.3) is 0 Å². The summed E-state index contributed by atoms with van der Waals surface area (Å²) < 4.78 is 0. The van der Waals surface area contributed by atoms with E-state index in [1.165, 1.54) is 6.33 Å². The van der Waals surface area contributed by atoms with Crippen molar-refractivity contribution in [2.75, 3.05) is 41.3 Å². The SMILES string of the molecule is CCN(C(=O)CNc1ncnc(N2CCCC(N)C2)n1)c1ccccc1. The molecule has 1 aromatic heterocycles. The first kappa shape index (κ1) is 18.1. The van der Waals surface area contributed by atoms with E-state index in [1.807, 2.05) is 37.3 Å². The number of anilines is 3. The van der Waals surface area contributed by atoms with Crippen molar-refractivity contribution in [3.05, 3.63) is 36.7 Å². The lowest BCUT2D eigenvalue weighted by molar-refractivity contribution is -0.116. The molecule has 0 spiro atoms. The lowest BCUT2D eigenvalue weighted by Gasteiger charge is -2.30. The van der Waals surface area contributed by atoms with Crippen LogP contribution in [0.1, 0.15) is 19.8 Å². The van der Waals surface area contributed by atoms with Gasteiger partial charge in [0.15, 0.2) is 0 Å². The maximum absolute atomic E-state index is 12.5. The number of piperidine rings is 1. The maximum Gasteiger partial charge on any atom is 0.246 e. The minimum atomic E-state index is -0.0411. The van der Waals surface area contributed by atoms with E-state index in [4.69, 9.17) is 5.73 Å². The highest BCUT2D eigenvalue weighted by atomic mass is 16.2. The highest BCUT2D eigenvalue weighted by Crippen LogP contribution is 2.16. The predicted molar refractivity (Wildman–Crippen MR) is 102 cm³/mol. The minimum Gasteiger partial charge on any atom is -0.345 e. The average molecular weight is 355 g/mol. The van der Waals surface area contributed by atoms with Crippen LogP contribution in [0.4, 0.5) is 17.6 Å². The van der Waals surface area contributed by atoms with Gasteiger partial charge in [-0.05, 0) is 31.9 Å². The maximum atomic E-state index is 12.5. The molecule has 1 aliphatic heterocycles. The first-order chi connectivity index (χ1) is 12.7. The fourth-order valence-electron chi connectivity index (χ4n) is 3.08. The Bertz CT molecular complexity index is 724. The summed E-state index contributed by atoms with van der Waals surface area (Å²) in [6, 6.07) is 9.74. The third-order valence-electron chi connectivity index (χ3n) is 4.38. The van der Waals surface area contributed by atoms with E-state index in [1.54, 1.807) is 4.90 Å². The molecule has 0 radical (unpaired) electrons. The Balaban J connectivity index is 1.62. The van der Waals surface area contributed by atoms with Gasteiger partial charge in [0.05, 0.1) is 6.54 Å². The number of likely N-dealkylation sites (N-methyl/N-ethyl adjacent to an activating group) is 1. The van der Waals surface area contributed by atoms with Crippen molar-refractivity contribution in [2.45, 2.75) is 25.8 Å². The van der Waals surface area contributed by atoms with Crippen LogP contribution in [0.5, 0.6) is 0 Å². The Labute approximate surface area is 153 Å². The lowest BCUT2D eigenvalue weighted by Crippen LogP contribution is -2.43. The third-order valence-corrected chi connectivity index (χ3v) is 4.38. The predicted octanol–water partition coefficient (Wildman–Crippen LogP) is 1.26. The molecule has 2 heterocycles. The summed E-state index contributed by atoms with van der Waals surface area (Å²) in [5.74, 6) is 0.952. The van der Waals surface area contributed by atoms with Crippen molar-refractivity contribution < 1.29 is 4.79 Å². The van der Waals surface area contributed by atoms with E-state index in [9.17, 15) is 4.79 Å². The molecule has 8 nitrogen and oxygen atoms in total. The van der Waals surface area contributed by atoms with Gasteiger partial charge in [0, 0.05) is 31.4 Å². The molecule has 0 saturated carbocycles. The Hall–Kier alpha value is -2.74. The van der Waals surface area contributed by atoms with Gasteiger partial charge in [-0.1, -0.05) is 18.2 Å². The number of carbonyl (C=O) groups excluding carboxylic acids is 1. The molecule has 1 amide bonds. The van der Waals surface area contributed by atoms with Crippen molar-refractivity contribution in [3.8, 4) is 0 Å². The van der Waals surface area contributed by atoms with Gasteiger partial charge in [0.1, 0.15) is 6.33 Å². The zero-order valence-electron chi connectivity index (χ0n) is 15.0. The first-order valence-electron chi connectivity index (χ1n) is 8.96. The van der Waals surface area contributed by atoms with Crippen LogP contribution in [0.2, 0.25) is 0 Å². The number of amides is 1. The molecule has 1 aromatic carbocycles. The van der Waals surface area contributed by atoms with Crippen molar-refractivity contribution in [3.63, 3.8) is 0 Å². The van der Waals surface area contributed by atoms with Gasteiger partial charge in [-0.3, -0.25) is 4.79 Å². The molecule has 138 valence electrons. The van der Waals surface area contributed by atoms with Crippen LogP contribution in [-0.2, 0) is 4.79 Å². The van der Waals surface area contributed by atoms with Crippen molar-refractivity contribution in [1.82, 2.24) is 15.0 Å². The van der Waals surface area contributed by atoms with Gasteiger partial charge >= 0.3 is 0 Å². The zero-order chi connectivity index (χ0) is 18.4. The molecule has 2 aromatic rings. The van der Waals surface area contributed by atoms with Crippen LogP contribution in [-0.4, -0.2) is 53.1 Å². The average Bonchev–Trinajstić information content (AvgIpc) is 2.68. The number of benzene rings is 1. The van der Waals surface area contributed by atoms with E-state index in [2.05, 4.69) is 25.2 Å². The Kier molecular flexibility index (Phi) is 5.96. The smallest absolute Gasteiger partial charge is 0.246 e. The van der Waals surface area contributed by atoms with E-state index < -0.39 is 0 Å². The summed E-state index contributed by atoms with van der Waals surface area (Å²) in [5, 5.41) is 3.01. The van der Waals surface area contributed by atoms with Crippen molar-refractivity contribution >= 4 is 23.5 Å². The number of nitrogens with two attached hydrogens (primary N) is 1. The first-order valence-corrected chi connectivity index (χ1v) is 8.96. The van der Waals surface area contributed by atoms with Gasteiger partial charge < -0.3 is 20.9 Å². The second-order valence-corrected chi connectivity index (χ2v) is 6.28. The summed E-state index contributed by atoms with van der Waals surface area (Å²) in [6.07, 6.45) is 3.51. The van der Waals surface area contributed by atoms with Gasteiger partial charge in [0.2, 0.25) is 17.8 Å². The van der Waals surface area contributed by atoms with Gasteiger partial charge in [-0.2, -0.15) is 4.98 Å². The summed E-state index contributed by atoms with van der Waals surface area (Å²) in [7, 11) is 0. The summed E-state index contributed by atoms with van der Waals surface area (Å²) in [6.45, 7) is 4.28.